The van der Waals surface area contributed by atoms with Crippen molar-refractivity contribution >= 4 is 11.8 Å². The number of halogens is 3. The van der Waals surface area contributed by atoms with Gasteiger partial charge >= 0.3 is 12.1 Å². The Morgan fingerprint density at radius 1 is 1.14 bits per heavy atom. The molecule has 2 aromatic rings. The summed E-state index contributed by atoms with van der Waals surface area (Å²) in [5, 5.41) is 6.67. The predicted octanol–water partition coefficient (Wildman–Crippen LogP) is 3.48. The maximum Gasteiger partial charge on any atom is 0.471 e. The zero-order chi connectivity index (χ0) is 24.7. The fourth-order valence-corrected chi connectivity index (χ4v) is 5.41. The van der Waals surface area contributed by atoms with Crippen molar-refractivity contribution in [2.75, 3.05) is 20.1 Å². The van der Waals surface area contributed by atoms with Gasteiger partial charge in [0.25, 0.3) is 5.91 Å². The van der Waals surface area contributed by atoms with Crippen LogP contribution in [-0.2, 0) is 17.5 Å². The lowest BCUT2D eigenvalue weighted by Crippen LogP contribution is -2.55. The lowest BCUT2D eigenvalue weighted by Gasteiger charge is -2.39. The fraction of sp³-hybridized carbons (Fsp3) is 0.583. The molecule has 2 atom stereocenters. The molecule has 1 saturated heterocycles. The summed E-state index contributed by atoms with van der Waals surface area (Å²) >= 11 is 0. The van der Waals surface area contributed by atoms with Gasteiger partial charge in [-0.25, -0.2) is 0 Å². The number of carbonyl (C=O) groups excluding carboxylic acids is 2. The van der Waals surface area contributed by atoms with Gasteiger partial charge in [0.1, 0.15) is 0 Å². The summed E-state index contributed by atoms with van der Waals surface area (Å²) in [5.74, 6) is -1.76. The molecule has 8 nitrogen and oxygen atoms in total. The highest BCUT2D eigenvalue weighted by atomic mass is 19.4. The molecule has 0 unspecified atom stereocenters. The lowest BCUT2D eigenvalue weighted by molar-refractivity contribution is -0.159. The first kappa shape index (κ1) is 23.8. The minimum Gasteiger partial charge on any atom is -0.351 e. The summed E-state index contributed by atoms with van der Waals surface area (Å²) in [6.45, 7) is 2.21. The van der Waals surface area contributed by atoms with Gasteiger partial charge in [-0.1, -0.05) is 30.1 Å². The quantitative estimate of drug-likeness (QED) is 0.704. The van der Waals surface area contributed by atoms with Crippen LogP contribution in [0.5, 0.6) is 0 Å². The summed E-state index contributed by atoms with van der Waals surface area (Å²) < 4.78 is 42.8. The first-order valence-electron chi connectivity index (χ1n) is 12.0. The van der Waals surface area contributed by atoms with Crippen LogP contribution < -0.4 is 5.32 Å². The van der Waals surface area contributed by atoms with Crippen LogP contribution >= 0.6 is 0 Å². The van der Waals surface area contributed by atoms with Gasteiger partial charge in [-0.3, -0.25) is 9.59 Å². The van der Waals surface area contributed by atoms with E-state index in [-0.39, 0.29) is 41.2 Å². The molecule has 1 aromatic heterocycles. The van der Waals surface area contributed by atoms with Gasteiger partial charge in [0.2, 0.25) is 11.7 Å². The van der Waals surface area contributed by atoms with E-state index in [4.69, 9.17) is 0 Å². The molecule has 5 rings (SSSR count). The standard InChI is InChI=1S/C24H28F3N5O3/c1-31-10-8-14(9-11-31)21(33)28-18-4-2-3-5-19(18)32-13-16-7-6-15(12-17(16)22(32)34)20-29-23(35-30-20)24(25,26)27/h6-7,12,14,18-19H,2-5,8-11,13H2,1H3,(H,28,33)/t18-,19-/m1/s1. The molecular formula is C24H28F3N5O3. The molecule has 2 amide bonds. The molecule has 188 valence electrons. The van der Waals surface area contributed by atoms with Gasteiger partial charge in [0, 0.05) is 29.6 Å². The Hall–Kier alpha value is -2.95. The molecule has 1 saturated carbocycles. The Morgan fingerprint density at radius 3 is 2.60 bits per heavy atom. The van der Waals surface area contributed by atoms with Crippen LogP contribution in [0.3, 0.4) is 0 Å². The number of amides is 2. The summed E-state index contributed by atoms with van der Waals surface area (Å²) in [6.07, 6.45) is 0.517. The maximum atomic E-state index is 13.4. The Bertz CT molecular complexity index is 1110. The van der Waals surface area contributed by atoms with Crippen LogP contribution in [0, 0.1) is 5.92 Å². The Labute approximate surface area is 200 Å². The molecule has 0 spiro atoms. The number of hydrogen-bond acceptors (Lipinski definition) is 6. The summed E-state index contributed by atoms with van der Waals surface area (Å²) in [5.41, 5.74) is 1.50. The number of alkyl halides is 3. The number of piperidine rings is 1. The molecule has 0 bridgehead atoms. The van der Waals surface area contributed by atoms with E-state index < -0.39 is 12.1 Å². The smallest absolute Gasteiger partial charge is 0.351 e. The van der Waals surface area contributed by atoms with E-state index in [9.17, 15) is 22.8 Å². The van der Waals surface area contributed by atoms with E-state index >= 15 is 0 Å². The normalized spacial score (nSPS) is 24.0. The van der Waals surface area contributed by atoms with Crippen LogP contribution in [0.2, 0.25) is 0 Å². The minimum absolute atomic E-state index is 0.000592. The molecule has 35 heavy (non-hydrogen) atoms. The zero-order valence-corrected chi connectivity index (χ0v) is 19.5. The number of carbonyl (C=O) groups is 2. The van der Waals surface area contributed by atoms with E-state index in [1.165, 1.54) is 6.07 Å². The van der Waals surface area contributed by atoms with E-state index in [0.29, 0.717) is 12.1 Å². The van der Waals surface area contributed by atoms with Crippen molar-refractivity contribution in [2.45, 2.75) is 63.3 Å². The number of aromatic nitrogens is 2. The van der Waals surface area contributed by atoms with E-state index in [1.807, 2.05) is 0 Å². The van der Waals surface area contributed by atoms with Crippen molar-refractivity contribution in [1.82, 2.24) is 25.3 Å². The third-order valence-electron chi connectivity index (χ3n) is 7.42. The predicted molar refractivity (Wildman–Crippen MR) is 119 cm³/mol. The van der Waals surface area contributed by atoms with Gasteiger partial charge in [0.05, 0.1) is 6.04 Å². The van der Waals surface area contributed by atoms with Gasteiger partial charge in [-0.15, -0.1) is 0 Å². The number of hydrogen-bond donors (Lipinski definition) is 1. The molecule has 0 radical (unpaired) electrons. The molecule has 11 heteroatoms. The molecule has 1 aromatic carbocycles. The van der Waals surface area contributed by atoms with Crippen LogP contribution in [0.1, 0.15) is 60.3 Å². The Balaban J connectivity index is 1.31. The number of fused-ring (bicyclic) bond motifs is 1. The Kier molecular flexibility index (Phi) is 6.29. The van der Waals surface area contributed by atoms with Gasteiger partial charge in [-0.2, -0.15) is 18.2 Å². The van der Waals surface area contributed by atoms with Gasteiger partial charge < -0.3 is 19.6 Å². The maximum absolute atomic E-state index is 13.4. The molecule has 1 N–H and O–H groups in total. The molecule has 3 aliphatic rings. The topological polar surface area (TPSA) is 91.6 Å². The highest BCUT2D eigenvalue weighted by molar-refractivity contribution is 5.99. The van der Waals surface area contributed by atoms with Gasteiger partial charge in [-0.05, 0) is 57.5 Å². The average Bonchev–Trinajstić information content (AvgIpc) is 3.45. The van der Waals surface area contributed by atoms with Crippen molar-refractivity contribution in [3.63, 3.8) is 0 Å². The van der Waals surface area contributed by atoms with Crippen LogP contribution in [0.15, 0.2) is 22.7 Å². The lowest BCUT2D eigenvalue weighted by atomic mass is 9.88. The van der Waals surface area contributed by atoms with Gasteiger partial charge in [0.15, 0.2) is 0 Å². The Morgan fingerprint density at radius 2 is 1.89 bits per heavy atom. The van der Waals surface area contributed by atoms with E-state index in [0.717, 1.165) is 57.2 Å². The monoisotopic (exact) mass is 491 g/mol. The number of nitrogens with one attached hydrogen (secondary N) is 1. The van der Waals surface area contributed by atoms with Crippen LogP contribution in [0.4, 0.5) is 13.2 Å². The molecule has 2 fully saturated rings. The second kappa shape index (κ2) is 9.25. The summed E-state index contributed by atoms with van der Waals surface area (Å²) in [4.78, 5) is 33.8. The summed E-state index contributed by atoms with van der Waals surface area (Å²) in [6, 6.07) is 4.61. The average molecular weight is 492 g/mol. The highest BCUT2D eigenvalue weighted by Crippen LogP contribution is 2.34. The van der Waals surface area contributed by atoms with E-state index in [1.54, 1.807) is 17.0 Å². The van der Waals surface area contributed by atoms with Crippen molar-refractivity contribution in [3.05, 3.63) is 35.2 Å². The first-order chi connectivity index (χ1) is 16.7. The van der Waals surface area contributed by atoms with E-state index in [2.05, 4.69) is 31.9 Å². The SMILES string of the molecule is CN1CCC(C(=O)N[C@@H]2CCCC[C@H]2N2Cc3ccc(-c4noc(C(F)(F)F)n4)cc3C2=O)CC1. The fourth-order valence-electron chi connectivity index (χ4n) is 5.41. The zero-order valence-electron chi connectivity index (χ0n) is 19.5. The van der Waals surface area contributed by atoms with Crippen molar-refractivity contribution < 1.29 is 27.3 Å². The second-order valence-corrected chi connectivity index (χ2v) is 9.77. The van der Waals surface area contributed by atoms with Crippen molar-refractivity contribution in [2.24, 2.45) is 5.92 Å². The third kappa shape index (κ3) is 4.78. The molecule has 1 aliphatic carbocycles. The number of likely N-dealkylation sites (tertiary alicyclic amines) is 1. The first-order valence-corrected chi connectivity index (χ1v) is 12.0. The minimum atomic E-state index is -4.73. The van der Waals surface area contributed by atoms with Crippen molar-refractivity contribution in [1.29, 1.82) is 0 Å². The highest BCUT2D eigenvalue weighted by Gasteiger charge is 2.41. The number of benzene rings is 1. The molecule has 3 heterocycles. The molecule has 2 aliphatic heterocycles. The second-order valence-electron chi connectivity index (χ2n) is 9.77. The van der Waals surface area contributed by atoms with Crippen LogP contribution in [-0.4, -0.2) is 64.0 Å². The molecular weight excluding hydrogens is 463 g/mol. The largest absolute Gasteiger partial charge is 0.471 e. The van der Waals surface area contributed by atoms with Crippen LogP contribution in [0.25, 0.3) is 11.4 Å². The third-order valence-corrected chi connectivity index (χ3v) is 7.42. The number of rotatable bonds is 4. The number of nitrogens with zero attached hydrogens (tertiary/aromatic N) is 4. The summed E-state index contributed by atoms with van der Waals surface area (Å²) in [7, 11) is 2.06. The van der Waals surface area contributed by atoms with Crippen molar-refractivity contribution in [3.8, 4) is 11.4 Å².